The van der Waals surface area contributed by atoms with Crippen LogP contribution in [0, 0.1) is 11.8 Å². The molecule has 4 heteroatoms. The fourth-order valence-electron chi connectivity index (χ4n) is 2.03. The molecule has 1 N–H and O–H groups in total. The minimum absolute atomic E-state index is 0.0923. The number of hydrogen-bond acceptors (Lipinski definition) is 2. The van der Waals surface area contributed by atoms with Crippen LogP contribution in [0.15, 0.2) is 0 Å². The molecule has 16 heavy (non-hydrogen) atoms. The van der Waals surface area contributed by atoms with Gasteiger partial charge in [0.1, 0.15) is 0 Å². The predicted octanol–water partition coefficient (Wildman–Crippen LogP) is 1.75. The lowest BCUT2D eigenvalue weighted by Gasteiger charge is -2.38. The van der Waals surface area contributed by atoms with Gasteiger partial charge in [0, 0.05) is 19.0 Å². The molecule has 0 spiro atoms. The maximum atomic E-state index is 12.0. The van der Waals surface area contributed by atoms with E-state index < -0.39 is 5.97 Å². The SMILES string of the molecule is CCCC[C@@H](CC)C(=O)N1CC(C(=O)O)C1. The van der Waals surface area contributed by atoms with E-state index in [1.165, 1.54) is 0 Å². The molecular weight excluding hydrogens is 206 g/mol. The lowest BCUT2D eigenvalue weighted by molar-refractivity contribution is -0.154. The molecule has 1 aliphatic rings. The molecule has 0 radical (unpaired) electrons. The smallest absolute Gasteiger partial charge is 0.310 e. The van der Waals surface area contributed by atoms with Gasteiger partial charge in [-0.25, -0.2) is 0 Å². The van der Waals surface area contributed by atoms with E-state index in [2.05, 4.69) is 6.92 Å². The third-order valence-electron chi connectivity index (χ3n) is 3.29. The van der Waals surface area contributed by atoms with Crippen molar-refractivity contribution in [2.45, 2.75) is 39.5 Å². The molecule has 0 bridgehead atoms. The lowest BCUT2D eigenvalue weighted by atomic mass is 9.93. The van der Waals surface area contributed by atoms with Gasteiger partial charge in [-0.15, -0.1) is 0 Å². The molecule has 92 valence electrons. The van der Waals surface area contributed by atoms with E-state index in [-0.39, 0.29) is 17.7 Å². The Kier molecular flexibility index (Phi) is 4.77. The maximum Gasteiger partial charge on any atom is 0.310 e. The van der Waals surface area contributed by atoms with Gasteiger partial charge in [-0.2, -0.15) is 0 Å². The third-order valence-corrected chi connectivity index (χ3v) is 3.29. The summed E-state index contributed by atoms with van der Waals surface area (Å²) in [7, 11) is 0. The number of carbonyl (C=O) groups excluding carboxylic acids is 1. The second kappa shape index (κ2) is 5.87. The molecule has 1 fully saturated rings. The van der Waals surface area contributed by atoms with Crippen LogP contribution >= 0.6 is 0 Å². The number of carboxylic acids is 1. The molecule has 0 aromatic rings. The van der Waals surface area contributed by atoms with E-state index in [0.29, 0.717) is 13.1 Å². The zero-order chi connectivity index (χ0) is 12.1. The van der Waals surface area contributed by atoms with Gasteiger partial charge < -0.3 is 10.0 Å². The van der Waals surface area contributed by atoms with Crippen LogP contribution in [-0.2, 0) is 9.59 Å². The molecule has 1 amide bonds. The van der Waals surface area contributed by atoms with Crippen molar-refractivity contribution < 1.29 is 14.7 Å². The molecule has 1 atom stereocenters. The first-order chi connectivity index (χ1) is 7.60. The second-order valence-electron chi connectivity index (χ2n) is 4.53. The molecule has 0 aliphatic carbocycles. The van der Waals surface area contributed by atoms with Gasteiger partial charge in [0.25, 0.3) is 0 Å². The lowest BCUT2D eigenvalue weighted by Crippen LogP contribution is -2.54. The Labute approximate surface area is 96.6 Å². The molecule has 0 saturated carbocycles. The summed E-state index contributed by atoms with van der Waals surface area (Å²) >= 11 is 0. The molecule has 1 aliphatic heterocycles. The van der Waals surface area contributed by atoms with Gasteiger partial charge in [-0.1, -0.05) is 26.7 Å². The van der Waals surface area contributed by atoms with Crippen molar-refractivity contribution >= 4 is 11.9 Å². The average Bonchev–Trinajstić information content (AvgIpc) is 2.16. The summed E-state index contributed by atoms with van der Waals surface area (Å²) in [5, 5.41) is 8.73. The average molecular weight is 227 g/mol. The molecule has 0 aromatic carbocycles. The van der Waals surface area contributed by atoms with Crippen LogP contribution in [0.1, 0.15) is 39.5 Å². The number of unbranched alkanes of at least 4 members (excludes halogenated alkanes) is 1. The normalized spacial score (nSPS) is 18.0. The monoisotopic (exact) mass is 227 g/mol. The number of aliphatic carboxylic acids is 1. The second-order valence-corrected chi connectivity index (χ2v) is 4.53. The topological polar surface area (TPSA) is 57.6 Å². The summed E-state index contributed by atoms with van der Waals surface area (Å²) in [5.41, 5.74) is 0. The van der Waals surface area contributed by atoms with E-state index in [9.17, 15) is 9.59 Å². The summed E-state index contributed by atoms with van der Waals surface area (Å²) in [6.07, 6.45) is 3.95. The van der Waals surface area contributed by atoms with E-state index >= 15 is 0 Å². The number of carbonyl (C=O) groups is 2. The standard InChI is InChI=1S/C12H21NO3/c1-3-5-6-9(4-2)11(14)13-7-10(8-13)12(15)16/h9-10H,3-8H2,1-2H3,(H,15,16)/t9-/m1/s1. The van der Waals surface area contributed by atoms with Crippen LogP contribution < -0.4 is 0 Å². The largest absolute Gasteiger partial charge is 0.481 e. The Morgan fingerprint density at radius 2 is 2.00 bits per heavy atom. The number of carboxylic acid groups (broad SMARTS) is 1. The third kappa shape index (κ3) is 2.97. The fourth-order valence-corrected chi connectivity index (χ4v) is 2.03. The zero-order valence-corrected chi connectivity index (χ0v) is 10.1. The van der Waals surface area contributed by atoms with Crippen LogP contribution in [0.5, 0.6) is 0 Å². The van der Waals surface area contributed by atoms with Crippen molar-refractivity contribution in [3.05, 3.63) is 0 Å². The van der Waals surface area contributed by atoms with Crippen molar-refractivity contribution in [1.29, 1.82) is 0 Å². The van der Waals surface area contributed by atoms with Gasteiger partial charge in [-0.05, 0) is 12.8 Å². The molecule has 1 heterocycles. The molecule has 0 aromatic heterocycles. The number of hydrogen-bond donors (Lipinski definition) is 1. The van der Waals surface area contributed by atoms with E-state index in [1.54, 1.807) is 4.90 Å². The number of amides is 1. The molecule has 0 unspecified atom stereocenters. The van der Waals surface area contributed by atoms with Gasteiger partial charge in [-0.3, -0.25) is 9.59 Å². The number of rotatable bonds is 6. The zero-order valence-electron chi connectivity index (χ0n) is 10.1. The van der Waals surface area contributed by atoms with Crippen molar-refractivity contribution in [2.24, 2.45) is 11.8 Å². The maximum absolute atomic E-state index is 12.0. The quantitative estimate of drug-likeness (QED) is 0.752. The van der Waals surface area contributed by atoms with Crippen LogP contribution in [0.4, 0.5) is 0 Å². The summed E-state index contributed by atoms with van der Waals surface area (Å²) in [6.45, 7) is 4.93. The Balaban J connectivity index is 2.36. The fraction of sp³-hybridized carbons (Fsp3) is 0.833. The van der Waals surface area contributed by atoms with Crippen molar-refractivity contribution in [2.75, 3.05) is 13.1 Å². The first-order valence-electron chi connectivity index (χ1n) is 6.11. The van der Waals surface area contributed by atoms with Gasteiger partial charge >= 0.3 is 5.97 Å². The first-order valence-corrected chi connectivity index (χ1v) is 6.11. The molecule has 1 rings (SSSR count). The van der Waals surface area contributed by atoms with Crippen molar-refractivity contribution in [1.82, 2.24) is 4.90 Å². The summed E-state index contributed by atoms with van der Waals surface area (Å²) in [6, 6.07) is 0. The summed E-state index contributed by atoms with van der Waals surface area (Å²) in [4.78, 5) is 24.3. The highest BCUT2D eigenvalue weighted by Gasteiger charge is 2.37. The van der Waals surface area contributed by atoms with Gasteiger partial charge in [0.15, 0.2) is 0 Å². The summed E-state index contributed by atoms with van der Waals surface area (Å²) in [5.74, 6) is -0.888. The Bertz CT molecular complexity index is 259. The molecule has 1 saturated heterocycles. The molecular formula is C12H21NO3. The summed E-state index contributed by atoms with van der Waals surface area (Å²) < 4.78 is 0. The van der Waals surface area contributed by atoms with Crippen molar-refractivity contribution in [3.8, 4) is 0 Å². The van der Waals surface area contributed by atoms with Gasteiger partial charge in [0.2, 0.25) is 5.91 Å². The van der Waals surface area contributed by atoms with Crippen LogP contribution in [0.3, 0.4) is 0 Å². The Morgan fingerprint density at radius 1 is 1.38 bits per heavy atom. The van der Waals surface area contributed by atoms with E-state index in [1.807, 2.05) is 6.92 Å². The highest BCUT2D eigenvalue weighted by atomic mass is 16.4. The number of likely N-dealkylation sites (tertiary alicyclic amines) is 1. The Morgan fingerprint density at radius 3 is 2.44 bits per heavy atom. The van der Waals surface area contributed by atoms with E-state index in [0.717, 1.165) is 25.7 Å². The number of nitrogens with zero attached hydrogens (tertiary/aromatic N) is 1. The predicted molar refractivity (Wildman–Crippen MR) is 61.0 cm³/mol. The van der Waals surface area contributed by atoms with Gasteiger partial charge in [0.05, 0.1) is 5.92 Å². The highest BCUT2D eigenvalue weighted by molar-refractivity contribution is 5.82. The highest BCUT2D eigenvalue weighted by Crippen LogP contribution is 2.22. The van der Waals surface area contributed by atoms with Crippen molar-refractivity contribution in [3.63, 3.8) is 0 Å². The van der Waals surface area contributed by atoms with Crippen LogP contribution in [0.25, 0.3) is 0 Å². The minimum atomic E-state index is -0.786. The van der Waals surface area contributed by atoms with E-state index in [4.69, 9.17) is 5.11 Å². The van der Waals surface area contributed by atoms with Crippen LogP contribution in [0.2, 0.25) is 0 Å². The van der Waals surface area contributed by atoms with Crippen LogP contribution in [-0.4, -0.2) is 35.0 Å². The first kappa shape index (κ1) is 13.0. The minimum Gasteiger partial charge on any atom is -0.481 e. The molecule has 4 nitrogen and oxygen atoms in total. The Hall–Kier alpha value is -1.06.